The van der Waals surface area contributed by atoms with Crippen LogP contribution in [0.25, 0.3) is 0 Å². The topological polar surface area (TPSA) is 8.81 Å². The highest BCUT2D eigenvalue weighted by Gasteiger charge is 2.17. The van der Waals surface area contributed by atoms with E-state index in [1.807, 2.05) is 0 Å². The zero-order chi connectivity index (χ0) is 26.9. The van der Waals surface area contributed by atoms with E-state index in [0.29, 0.717) is 0 Å². The molecule has 0 aliphatic heterocycles. The minimum atomic E-state index is 1.04. The molecule has 0 atom stereocenters. The van der Waals surface area contributed by atoms with Gasteiger partial charge in [0.15, 0.2) is 0 Å². The van der Waals surface area contributed by atoms with Crippen LogP contribution in [0.15, 0.2) is 42.7 Å². The van der Waals surface area contributed by atoms with Crippen LogP contribution in [-0.4, -0.2) is 4.57 Å². The number of hydrogen-bond donors (Lipinski definition) is 0. The molecule has 1 aromatic heterocycles. The second kappa shape index (κ2) is 23.3. The molecular weight excluding hydrogens is 460 g/mol. The Balaban J connectivity index is 1.61. The molecule has 216 valence electrons. The van der Waals surface area contributed by atoms with Gasteiger partial charge in [0.2, 0.25) is 0 Å². The summed E-state index contributed by atoms with van der Waals surface area (Å²) in [5.41, 5.74) is 1.43. The minimum absolute atomic E-state index is 1.04. The summed E-state index contributed by atoms with van der Waals surface area (Å²) >= 11 is 0. The van der Waals surface area contributed by atoms with Crippen LogP contribution in [-0.2, 0) is 19.5 Å². The van der Waals surface area contributed by atoms with Gasteiger partial charge in [-0.2, -0.15) is 0 Å². The van der Waals surface area contributed by atoms with E-state index in [1.165, 1.54) is 166 Å². The van der Waals surface area contributed by atoms with Crippen LogP contribution in [0.2, 0.25) is 0 Å². The second-order valence-corrected chi connectivity index (χ2v) is 11.8. The third kappa shape index (κ3) is 15.7. The highest BCUT2D eigenvalue weighted by molar-refractivity contribution is 5.18. The Kier molecular flexibility index (Phi) is 20.0. The fourth-order valence-corrected chi connectivity index (χ4v) is 5.78. The summed E-state index contributed by atoms with van der Waals surface area (Å²) in [6, 6.07) is 11.0. The SMILES string of the molecule is CCCCCCCCCCCCCCCCCn1cc[n+](CCCCCCCCC)c1Cc1ccccc1. The largest absolute Gasteiger partial charge is 0.260 e. The Morgan fingerprint density at radius 2 is 0.974 bits per heavy atom. The normalized spacial score (nSPS) is 11.4. The van der Waals surface area contributed by atoms with Crippen molar-refractivity contribution in [2.24, 2.45) is 0 Å². The van der Waals surface area contributed by atoms with Crippen molar-refractivity contribution in [3.05, 3.63) is 54.1 Å². The molecule has 2 aromatic rings. The van der Waals surface area contributed by atoms with Crippen molar-refractivity contribution < 1.29 is 4.57 Å². The first-order chi connectivity index (χ1) is 18.8. The molecule has 0 radical (unpaired) electrons. The van der Waals surface area contributed by atoms with Gasteiger partial charge in [0.1, 0.15) is 12.4 Å². The average molecular weight is 524 g/mol. The van der Waals surface area contributed by atoms with Crippen LogP contribution in [0.4, 0.5) is 0 Å². The van der Waals surface area contributed by atoms with Crippen molar-refractivity contribution in [1.82, 2.24) is 4.57 Å². The molecule has 1 heterocycles. The molecule has 0 unspecified atom stereocenters. The van der Waals surface area contributed by atoms with Gasteiger partial charge in [-0.1, -0.05) is 160 Å². The molecule has 0 bridgehead atoms. The molecule has 2 nitrogen and oxygen atoms in total. The van der Waals surface area contributed by atoms with E-state index in [2.05, 4.69) is 65.7 Å². The molecule has 0 saturated heterocycles. The van der Waals surface area contributed by atoms with Gasteiger partial charge < -0.3 is 0 Å². The summed E-state index contributed by atoms with van der Waals surface area (Å²) in [6.45, 7) is 6.94. The third-order valence-electron chi connectivity index (χ3n) is 8.30. The van der Waals surface area contributed by atoms with Gasteiger partial charge in [0, 0.05) is 0 Å². The summed E-state index contributed by atoms with van der Waals surface area (Å²) in [5, 5.41) is 0. The Labute approximate surface area is 237 Å². The summed E-state index contributed by atoms with van der Waals surface area (Å²) in [7, 11) is 0. The predicted octanol–water partition coefficient (Wildman–Crippen LogP) is 11.0. The number of rotatable bonds is 26. The van der Waals surface area contributed by atoms with E-state index in [0.717, 1.165) is 6.42 Å². The van der Waals surface area contributed by atoms with Crippen LogP contribution in [0.1, 0.15) is 166 Å². The maximum absolute atomic E-state index is 2.55. The van der Waals surface area contributed by atoms with Gasteiger partial charge in [0.05, 0.1) is 19.5 Å². The van der Waals surface area contributed by atoms with E-state index in [1.54, 1.807) is 0 Å². The van der Waals surface area contributed by atoms with Gasteiger partial charge in [-0.3, -0.25) is 0 Å². The molecular formula is C36H63N2+. The number of benzene rings is 1. The lowest BCUT2D eigenvalue weighted by atomic mass is 10.0. The van der Waals surface area contributed by atoms with Crippen molar-refractivity contribution >= 4 is 0 Å². The number of aryl methyl sites for hydroxylation is 2. The molecule has 0 spiro atoms. The summed E-state index contributed by atoms with van der Waals surface area (Å²) < 4.78 is 5.10. The van der Waals surface area contributed by atoms with Crippen LogP contribution < -0.4 is 4.57 Å². The van der Waals surface area contributed by atoms with E-state index >= 15 is 0 Å². The Bertz CT molecular complexity index is 763. The van der Waals surface area contributed by atoms with Crippen molar-refractivity contribution in [3.63, 3.8) is 0 Å². The highest BCUT2D eigenvalue weighted by Crippen LogP contribution is 2.15. The zero-order valence-electron chi connectivity index (χ0n) is 25.6. The maximum Gasteiger partial charge on any atom is 0.260 e. The number of unbranched alkanes of at least 4 members (excludes halogenated alkanes) is 20. The number of aromatic nitrogens is 2. The molecule has 2 rings (SSSR count). The fraction of sp³-hybridized carbons (Fsp3) is 0.750. The molecule has 0 aliphatic carbocycles. The van der Waals surface area contributed by atoms with Crippen LogP contribution >= 0.6 is 0 Å². The standard InChI is InChI=1S/C36H63N2/c1-3-5-7-9-11-12-13-14-15-16-17-18-20-22-27-31-38-33-32-37(30-26-21-19-10-8-6-4-2)36(38)34-35-28-24-23-25-29-35/h23-25,28-29,32-33H,3-22,26-27,30-31,34H2,1-2H3/q+1. The number of imidazole rings is 1. The molecule has 0 fully saturated rings. The van der Waals surface area contributed by atoms with Crippen molar-refractivity contribution in [1.29, 1.82) is 0 Å². The van der Waals surface area contributed by atoms with Crippen molar-refractivity contribution in [2.75, 3.05) is 0 Å². The molecule has 0 saturated carbocycles. The summed E-state index contributed by atoms with van der Waals surface area (Å²) in [6.07, 6.45) is 36.8. The van der Waals surface area contributed by atoms with E-state index in [-0.39, 0.29) is 0 Å². The van der Waals surface area contributed by atoms with Gasteiger partial charge in [0.25, 0.3) is 5.82 Å². The molecule has 1 aromatic carbocycles. The van der Waals surface area contributed by atoms with Crippen molar-refractivity contribution in [3.8, 4) is 0 Å². The van der Waals surface area contributed by atoms with Gasteiger partial charge in [-0.05, 0) is 31.2 Å². The van der Waals surface area contributed by atoms with Gasteiger partial charge >= 0.3 is 0 Å². The first-order valence-corrected chi connectivity index (χ1v) is 17.0. The number of hydrogen-bond acceptors (Lipinski definition) is 0. The molecule has 38 heavy (non-hydrogen) atoms. The first kappa shape index (κ1) is 32.6. The predicted molar refractivity (Wildman–Crippen MR) is 167 cm³/mol. The lowest BCUT2D eigenvalue weighted by Crippen LogP contribution is -2.37. The Hall–Kier alpha value is -1.57. The van der Waals surface area contributed by atoms with Crippen LogP contribution in [0.5, 0.6) is 0 Å². The quantitative estimate of drug-likeness (QED) is 0.0856. The smallest absolute Gasteiger partial charge is 0.234 e. The van der Waals surface area contributed by atoms with Crippen LogP contribution in [0.3, 0.4) is 0 Å². The molecule has 2 heteroatoms. The fourth-order valence-electron chi connectivity index (χ4n) is 5.78. The lowest BCUT2D eigenvalue weighted by molar-refractivity contribution is -0.703. The monoisotopic (exact) mass is 523 g/mol. The Morgan fingerprint density at radius 1 is 0.526 bits per heavy atom. The van der Waals surface area contributed by atoms with Crippen molar-refractivity contribution in [2.45, 2.75) is 175 Å². The molecule has 0 N–H and O–H groups in total. The first-order valence-electron chi connectivity index (χ1n) is 17.0. The van der Waals surface area contributed by atoms with Crippen LogP contribution in [0, 0.1) is 0 Å². The van der Waals surface area contributed by atoms with E-state index in [4.69, 9.17) is 0 Å². The summed E-state index contributed by atoms with van der Waals surface area (Å²) in [5.74, 6) is 1.49. The molecule has 0 amide bonds. The maximum atomic E-state index is 2.55. The lowest BCUT2D eigenvalue weighted by Gasteiger charge is -2.07. The zero-order valence-corrected chi connectivity index (χ0v) is 25.6. The van der Waals surface area contributed by atoms with E-state index < -0.39 is 0 Å². The average Bonchev–Trinajstić information content (AvgIpc) is 3.31. The molecule has 0 aliphatic rings. The van der Waals surface area contributed by atoms with E-state index in [9.17, 15) is 0 Å². The Morgan fingerprint density at radius 3 is 1.47 bits per heavy atom. The van der Waals surface area contributed by atoms with Gasteiger partial charge in [-0.15, -0.1) is 0 Å². The second-order valence-electron chi connectivity index (χ2n) is 11.8. The number of nitrogens with zero attached hydrogens (tertiary/aromatic N) is 2. The van der Waals surface area contributed by atoms with Gasteiger partial charge in [-0.25, -0.2) is 9.13 Å². The summed E-state index contributed by atoms with van der Waals surface area (Å²) in [4.78, 5) is 0. The third-order valence-corrected chi connectivity index (χ3v) is 8.30. The minimum Gasteiger partial charge on any atom is -0.234 e. The highest BCUT2D eigenvalue weighted by atomic mass is 15.1.